The van der Waals surface area contributed by atoms with E-state index in [9.17, 15) is 9.18 Å². The van der Waals surface area contributed by atoms with Crippen molar-refractivity contribution in [1.82, 2.24) is 5.32 Å². The molecule has 0 atom stereocenters. The van der Waals surface area contributed by atoms with E-state index in [1.807, 2.05) is 24.3 Å². The second-order valence-electron chi connectivity index (χ2n) is 6.12. The molecule has 122 valence electrons. The Bertz CT molecular complexity index is 617. The van der Waals surface area contributed by atoms with E-state index >= 15 is 0 Å². The number of rotatable bonds is 5. The van der Waals surface area contributed by atoms with Gasteiger partial charge < -0.3 is 14.6 Å². The van der Waals surface area contributed by atoms with Crippen molar-refractivity contribution in [3.63, 3.8) is 0 Å². The lowest BCUT2D eigenvalue weighted by Gasteiger charge is -2.28. The molecule has 1 aliphatic rings. The normalized spacial score (nSPS) is 21.1. The monoisotopic (exact) mass is 317 g/mol. The third-order valence-corrected chi connectivity index (χ3v) is 4.45. The molecule has 1 aromatic heterocycles. The molecule has 0 radical (unpaired) electrons. The van der Waals surface area contributed by atoms with E-state index in [2.05, 4.69) is 5.32 Å². The Morgan fingerprint density at radius 3 is 2.61 bits per heavy atom. The van der Waals surface area contributed by atoms with Crippen molar-refractivity contribution >= 4 is 5.91 Å². The summed E-state index contributed by atoms with van der Waals surface area (Å²) in [5.74, 6) is 0.776. The zero-order valence-electron chi connectivity index (χ0n) is 13.1. The number of benzene rings is 1. The van der Waals surface area contributed by atoms with Crippen molar-refractivity contribution in [3.8, 4) is 0 Å². The Labute approximate surface area is 135 Å². The van der Waals surface area contributed by atoms with Gasteiger partial charge in [0.15, 0.2) is 0 Å². The summed E-state index contributed by atoms with van der Waals surface area (Å²) in [5.41, 5.74) is 1.14. The first kappa shape index (κ1) is 15.7. The molecule has 1 saturated heterocycles. The summed E-state index contributed by atoms with van der Waals surface area (Å²) in [6, 6.07) is 10.4. The summed E-state index contributed by atoms with van der Waals surface area (Å²) in [6.07, 6.45) is 3.39. The van der Waals surface area contributed by atoms with Crippen molar-refractivity contribution in [2.45, 2.75) is 25.9 Å². The van der Waals surface area contributed by atoms with Crippen LogP contribution in [0.1, 0.15) is 24.2 Å². The number of carbonyl (C=O) groups excluding carboxylic acids is 1. The molecule has 1 aliphatic heterocycles. The van der Waals surface area contributed by atoms with Crippen LogP contribution >= 0.6 is 0 Å². The lowest BCUT2D eigenvalue weighted by Crippen LogP contribution is -3.11. The highest BCUT2D eigenvalue weighted by Crippen LogP contribution is 2.11. The van der Waals surface area contributed by atoms with E-state index in [0.29, 0.717) is 6.54 Å². The molecule has 0 spiro atoms. The molecule has 3 rings (SSSR count). The van der Waals surface area contributed by atoms with Crippen molar-refractivity contribution in [2.75, 3.05) is 13.1 Å². The average Bonchev–Trinajstić information content (AvgIpc) is 3.09. The predicted octanol–water partition coefficient (Wildman–Crippen LogP) is 1.53. The quantitative estimate of drug-likeness (QED) is 0.878. The van der Waals surface area contributed by atoms with Gasteiger partial charge in [-0.15, -0.1) is 0 Å². The first-order valence-electron chi connectivity index (χ1n) is 8.09. The molecule has 2 N–H and O–H groups in total. The molecule has 23 heavy (non-hydrogen) atoms. The van der Waals surface area contributed by atoms with E-state index in [1.54, 1.807) is 6.26 Å². The predicted molar refractivity (Wildman–Crippen MR) is 84.1 cm³/mol. The van der Waals surface area contributed by atoms with Crippen LogP contribution in [0.2, 0.25) is 0 Å². The largest absolute Gasteiger partial charge is 0.467 e. The number of hydrogen-bond donors (Lipinski definition) is 2. The third kappa shape index (κ3) is 4.42. The van der Waals surface area contributed by atoms with Crippen molar-refractivity contribution in [2.24, 2.45) is 5.92 Å². The number of hydrogen-bond acceptors (Lipinski definition) is 2. The number of likely N-dealkylation sites (tertiary alicyclic amines) is 1. The standard InChI is InChI=1S/C18H21FN2O2/c19-16-5-3-14(4-6-16)13-21-9-7-15(8-10-21)18(22)20-12-17-2-1-11-23-17/h1-6,11,15H,7-10,12-13H2,(H,20,22)/p+1. The van der Waals surface area contributed by atoms with Gasteiger partial charge in [0.1, 0.15) is 18.1 Å². The fraction of sp³-hybridized carbons (Fsp3) is 0.389. The Morgan fingerprint density at radius 1 is 1.22 bits per heavy atom. The number of halogens is 1. The number of amides is 1. The van der Waals surface area contributed by atoms with Crippen LogP contribution in [-0.2, 0) is 17.9 Å². The molecule has 0 saturated carbocycles. The van der Waals surface area contributed by atoms with Crippen LogP contribution in [0.4, 0.5) is 4.39 Å². The molecule has 1 aromatic carbocycles. The van der Waals surface area contributed by atoms with Gasteiger partial charge in [-0.1, -0.05) is 12.1 Å². The molecule has 1 amide bonds. The molecule has 2 heterocycles. The summed E-state index contributed by atoms with van der Waals surface area (Å²) < 4.78 is 18.1. The molecule has 4 nitrogen and oxygen atoms in total. The summed E-state index contributed by atoms with van der Waals surface area (Å²) in [5, 5.41) is 2.94. The van der Waals surface area contributed by atoms with Crippen LogP contribution in [0, 0.1) is 11.7 Å². The zero-order chi connectivity index (χ0) is 16.1. The van der Waals surface area contributed by atoms with E-state index in [0.717, 1.165) is 43.8 Å². The lowest BCUT2D eigenvalue weighted by atomic mass is 9.95. The minimum Gasteiger partial charge on any atom is -0.467 e. The Balaban J connectivity index is 1.42. The molecule has 5 heteroatoms. The number of furan rings is 1. The minimum atomic E-state index is -0.198. The molecule has 0 bridgehead atoms. The number of nitrogens with one attached hydrogen (secondary N) is 2. The molecule has 1 fully saturated rings. The summed E-state index contributed by atoms with van der Waals surface area (Å²) in [7, 11) is 0. The van der Waals surface area contributed by atoms with Gasteiger partial charge in [0.2, 0.25) is 5.91 Å². The fourth-order valence-corrected chi connectivity index (χ4v) is 3.09. The van der Waals surface area contributed by atoms with Gasteiger partial charge >= 0.3 is 0 Å². The first-order chi connectivity index (χ1) is 11.2. The highest BCUT2D eigenvalue weighted by atomic mass is 19.1. The highest BCUT2D eigenvalue weighted by Gasteiger charge is 2.27. The maximum Gasteiger partial charge on any atom is 0.223 e. The maximum absolute atomic E-state index is 12.9. The van der Waals surface area contributed by atoms with Crippen LogP contribution in [0.15, 0.2) is 47.1 Å². The van der Waals surface area contributed by atoms with Crippen LogP contribution < -0.4 is 10.2 Å². The van der Waals surface area contributed by atoms with Gasteiger partial charge in [0.05, 0.1) is 25.9 Å². The van der Waals surface area contributed by atoms with E-state index in [-0.39, 0.29) is 17.6 Å². The Kier molecular flexibility index (Phi) is 5.08. The molecule has 0 aliphatic carbocycles. The summed E-state index contributed by atoms with van der Waals surface area (Å²) in [6.45, 7) is 3.28. The van der Waals surface area contributed by atoms with Crippen LogP contribution in [0.25, 0.3) is 0 Å². The van der Waals surface area contributed by atoms with Crippen molar-refractivity contribution in [3.05, 3.63) is 59.8 Å². The van der Waals surface area contributed by atoms with Crippen LogP contribution in [0.3, 0.4) is 0 Å². The fourth-order valence-electron chi connectivity index (χ4n) is 3.09. The van der Waals surface area contributed by atoms with Gasteiger partial charge in [-0.05, 0) is 24.3 Å². The zero-order valence-corrected chi connectivity index (χ0v) is 13.1. The molecular formula is C18H22FN2O2+. The molecule has 0 unspecified atom stereocenters. The van der Waals surface area contributed by atoms with Gasteiger partial charge in [0.25, 0.3) is 0 Å². The van der Waals surface area contributed by atoms with Crippen LogP contribution in [-0.4, -0.2) is 19.0 Å². The number of carbonyl (C=O) groups is 1. The minimum absolute atomic E-state index is 0.0851. The maximum atomic E-state index is 12.9. The Morgan fingerprint density at radius 2 is 1.96 bits per heavy atom. The summed E-state index contributed by atoms with van der Waals surface area (Å²) >= 11 is 0. The summed E-state index contributed by atoms with van der Waals surface area (Å²) in [4.78, 5) is 13.6. The second kappa shape index (κ2) is 7.42. The third-order valence-electron chi connectivity index (χ3n) is 4.45. The smallest absolute Gasteiger partial charge is 0.223 e. The average molecular weight is 317 g/mol. The number of piperidine rings is 1. The van der Waals surface area contributed by atoms with E-state index in [4.69, 9.17) is 4.42 Å². The van der Waals surface area contributed by atoms with Crippen molar-refractivity contribution in [1.29, 1.82) is 0 Å². The van der Waals surface area contributed by atoms with Crippen LogP contribution in [0.5, 0.6) is 0 Å². The van der Waals surface area contributed by atoms with Gasteiger partial charge in [-0.3, -0.25) is 4.79 Å². The number of quaternary nitrogens is 1. The Hall–Kier alpha value is -2.14. The molecular weight excluding hydrogens is 295 g/mol. The van der Waals surface area contributed by atoms with Gasteiger partial charge in [-0.25, -0.2) is 4.39 Å². The highest BCUT2D eigenvalue weighted by molar-refractivity contribution is 5.78. The topological polar surface area (TPSA) is 46.7 Å². The van der Waals surface area contributed by atoms with E-state index in [1.165, 1.54) is 17.0 Å². The SMILES string of the molecule is O=C(NCc1ccco1)C1CC[NH+](Cc2ccc(F)cc2)CC1. The van der Waals surface area contributed by atoms with Gasteiger partial charge in [0, 0.05) is 24.3 Å². The first-order valence-corrected chi connectivity index (χ1v) is 8.09. The van der Waals surface area contributed by atoms with Gasteiger partial charge in [-0.2, -0.15) is 0 Å². The van der Waals surface area contributed by atoms with E-state index < -0.39 is 0 Å². The molecule has 2 aromatic rings. The second-order valence-corrected chi connectivity index (χ2v) is 6.12. The van der Waals surface area contributed by atoms with Crippen molar-refractivity contribution < 1.29 is 18.5 Å². The lowest BCUT2D eigenvalue weighted by molar-refractivity contribution is -0.919.